The lowest BCUT2D eigenvalue weighted by atomic mass is 10.2. The summed E-state index contributed by atoms with van der Waals surface area (Å²) in [5.41, 5.74) is 4.27. The molecule has 0 unspecified atom stereocenters. The first-order valence-corrected chi connectivity index (χ1v) is 9.53. The van der Waals surface area contributed by atoms with Crippen molar-refractivity contribution in [2.45, 2.75) is 6.61 Å². The lowest BCUT2D eigenvalue weighted by molar-refractivity contribution is -0.123. The van der Waals surface area contributed by atoms with Crippen molar-refractivity contribution < 1.29 is 14.3 Å². The van der Waals surface area contributed by atoms with E-state index in [9.17, 15) is 4.79 Å². The molecule has 3 aromatic rings. The Morgan fingerprint density at radius 3 is 2.59 bits per heavy atom. The van der Waals surface area contributed by atoms with Gasteiger partial charge in [0.25, 0.3) is 5.91 Å². The van der Waals surface area contributed by atoms with Crippen molar-refractivity contribution in [1.82, 2.24) is 5.43 Å². The van der Waals surface area contributed by atoms with E-state index in [0.29, 0.717) is 23.1 Å². The maximum absolute atomic E-state index is 11.9. The highest BCUT2D eigenvalue weighted by molar-refractivity contribution is 6.42. The molecule has 0 aliphatic rings. The second-order valence-electron chi connectivity index (χ2n) is 5.98. The molecule has 0 spiro atoms. The normalized spacial score (nSPS) is 10.7. The van der Waals surface area contributed by atoms with Crippen LogP contribution in [0.4, 0.5) is 0 Å². The van der Waals surface area contributed by atoms with Crippen LogP contribution in [0.2, 0.25) is 10.0 Å². The molecule has 0 heterocycles. The molecule has 1 N–H and O–H groups in total. The van der Waals surface area contributed by atoms with Crippen LogP contribution in [0.25, 0.3) is 0 Å². The second kappa shape index (κ2) is 10.5. The Kier molecular flexibility index (Phi) is 7.50. The minimum absolute atomic E-state index is 0.238. The van der Waals surface area contributed by atoms with Gasteiger partial charge in [-0.2, -0.15) is 5.10 Å². The first kappa shape index (κ1) is 20.7. The smallest absolute Gasteiger partial charge is 0.277 e. The van der Waals surface area contributed by atoms with Gasteiger partial charge in [0.2, 0.25) is 0 Å². The van der Waals surface area contributed by atoms with Crippen LogP contribution in [0.3, 0.4) is 0 Å². The van der Waals surface area contributed by atoms with Crippen molar-refractivity contribution in [3.8, 4) is 11.5 Å². The molecular formula is C22H18Cl2N2O3. The number of nitrogens with zero attached hydrogens (tertiary/aromatic N) is 1. The standard InChI is InChI=1S/C22H18Cl2N2O3/c23-19-10-5-11-20(22(19)24)29-15-21(27)26-25-13-17-8-4-9-18(12-17)28-14-16-6-2-1-3-7-16/h1-13H,14-15H2,(H,26,27)/b25-13-. The van der Waals surface area contributed by atoms with E-state index in [1.807, 2.05) is 54.6 Å². The van der Waals surface area contributed by atoms with Crippen LogP contribution in [-0.2, 0) is 11.4 Å². The summed E-state index contributed by atoms with van der Waals surface area (Å²) in [6.07, 6.45) is 1.53. The van der Waals surface area contributed by atoms with Gasteiger partial charge in [0.05, 0.1) is 11.2 Å². The monoisotopic (exact) mass is 428 g/mol. The van der Waals surface area contributed by atoms with E-state index in [1.165, 1.54) is 6.21 Å². The molecule has 1 amide bonds. The number of carbonyl (C=O) groups is 1. The second-order valence-corrected chi connectivity index (χ2v) is 6.77. The Balaban J connectivity index is 1.48. The number of halogens is 2. The molecular weight excluding hydrogens is 411 g/mol. The van der Waals surface area contributed by atoms with E-state index < -0.39 is 5.91 Å². The van der Waals surface area contributed by atoms with Crippen LogP contribution in [0.15, 0.2) is 77.9 Å². The van der Waals surface area contributed by atoms with Gasteiger partial charge < -0.3 is 9.47 Å². The van der Waals surface area contributed by atoms with E-state index in [-0.39, 0.29) is 11.6 Å². The molecule has 148 valence electrons. The van der Waals surface area contributed by atoms with Crippen molar-refractivity contribution in [2.75, 3.05) is 6.61 Å². The molecule has 0 fully saturated rings. The maximum atomic E-state index is 11.9. The topological polar surface area (TPSA) is 59.9 Å². The molecule has 0 atom stereocenters. The zero-order valence-corrected chi connectivity index (χ0v) is 16.9. The van der Waals surface area contributed by atoms with Crippen molar-refractivity contribution in [2.24, 2.45) is 5.10 Å². The lowest BCUT2D eigenvalue weighted by Gasteiger charge is -2.08. The van der Waals surface area contributed by atoms with Gasteiger partial charge in [0, 0.05) is 0 Å². The van der Waals surface area contributed by atoms with Crippen molar-refractivity contribution >= 4 is 35.3 Å². The molecule has 0 saturated heterocycles. The zero-order valence-electron chi connectivity index (χ0n) is 15.3. The Hall–Kier alpha value is -3.02. The number of nitrogens with one attached hydrogen (secondary N) is 1. The van der Waals surface area contributed by atoms with Gasteiger partial charge >= 0.3 is 0 Å². The predicted molar refractivity (Wildman–Crippen MR) is 115 cm³/mol. The lowest BCUT2D eigenvalue weighted by Crippen LogP contribution is -2.24. The molecule has 0 aliphatic carbocycles. The summed E-state index contributed by atoms with van der Waals surface area (Å²) in [6.45, 7) is 0.235. The number of hydrogen-bond acceptors (Lipinski definition) is 4. The third-order valence-electron chi connectivity index (χ3n) is 3.78. The molecule has 0 radical (unpaired) electrons. The minimum atomic E-state index is -0.422. The van der Waals surface area contributed by atoms with E-state index in [2.05, 4.69) is 10.5 Å². The third kappa shape index (κ3) is 6.52. The van der Waals surface area contributed by atoms with Gasteiger partial charge in [-0.15, -0.1) is 0 Å². The predicted octanol–water partition coefficient (Wildman–Crippen LogP) is 5.10. The molecule has 0 aromatic heterocycles. The summed E-state index contributed by atoms with van der Waals surface area (Å²) in [6, 6.07) is 22.3. The molecule has 0 aliphatic heterocycles. The average Bonchev–Trinajstić information content (AvgIpc) is 2.74. The van der Waals surface area contributed by atoms with Crippen LogP contribution in [0.5, 0.6) is 11.5 Å². The fourth-order valence-electron chi connectivity index (χ4n) is 2.38. The number of hydrazone groups is 1. The Labute approximate surface area is 178 Å². The van der Waals surface area contributed by atoms with Crippen LogP contribution in [0, 0.1) is 0 Å². The van der Waals surface area contributed by atoms with Gasteiger partial charge in [-0.3, -0.25) is 4.79 Å². The van der Waals surface area contributed by atoms with E-state index in [4.69, 9.17) is 32.7 Å². The fraction of sp³-hybridized carbons (Fsp3) is 0.0909. The van der Waals surface area contributed by atoms with Gasteiger partial charge in [0.1, 0.15) is 23.1 Å². The molecule has 3 aromatic carbocycles. The quantitative estimate of drug-likeness (QED) is 0.400. The van der Waals surface area contributed by atoms with Crippen LogP contribution in [0.1, 0.15) is 11.1 Å². The van der Waals surface area contributed by atoms with Crippen LogP contribution < -0.4 is 14.9 Å². The third-order valence-corrected chi connectivity index (χ3v) is 4.59. The summed E-state index contributed by atoms with van der Waals surface area (Å²) in [5.74, 6) is 0.624. The maximum Gasteiger partial charge on any atom is 0.277 e. The number of hydrogen-bond donors (Lipinski definition) is 1. The number of ether oxygens (including phenoxy) is 2. The molecule has 0 saturated carbocycles. The molecule has 29 heavy (non-hydrogen) atoms. The van der Waals surface area contributed by atoms with Crippen LogP contribution >= 0.6 is 23.2 Å². The Morgan fingerprint density at radius 2 is 1.76 bits per heavy atom. The van der Waals surface area contributed by atoms with Gasteiger partial charge in [-0.25, -0.2) is 5.43 Å². The molecule has 3 rings (SSSR count). The van der Waals surface area contributed by atoms with Crippen LogP contribution in [-0.4, -0.2) is 18.7 Å². The highest BCUT2D eigenvalue weighted by Gasteiger charge is 2.07. The highest BCUT2D eigenvalue weighted by Crippen LogP contribution is 2.31. The number of rotatable bonds is 8. The number of benzene rings is 3. The first-order chi connectivity index (χ1) is 14.1. The van der Waals surface area contributed by atoms with Gasteiger partial charge in [-0.1, -0.05) is 71.7 Å². The first-order valence-electron chi connectivity index (χ1n) is 8.77. The van der Waals surface area contributed by atoms with Crippen molar-refractivity contribution in [3.63, 3.8) is 0 Å². The van der Waals surface area contributed by atoms with Gasteiger partial charge in [0.15, 0.2) is 6.61 Å². The summed E-state index contributed by atoms with van der Waals surface area (Å²) in [5, 5.41) is 4.55. The summed E-state index contributed by atoms with van der Waals surface area (Å²) < 4.78 is 11.1. The summed E-state index contributed by atoms with van der Waals surface area (Å²) in [7, 11) is 0. The molecule has 0 bridgehead atoms. The summed E-state index contributed by atoms with van der Waals surface area (Å²) >= 11 is 11.9. The average molecular weight is 429 g/mol. The van der Waals surface area contributed by atoms with Gasteiger partial charge in [-0.05, 0) is 35.4 Å². The Bertz CT molecular complexity index is 994. The molecule has 7 heteroatoms. The van der Waals surface area contributed by atoms with E-state index in [0.717, 1.165) is 11.1 Å². The van der Waals surface area contributed by atoms with Crippen molar-refractivity contribution in [3.05, 3.63) is 94.0 Å². The largest absolute Gasteiger partial charge is 0.489 e. The number of carbonyl (C=O) groups excluding carboxylic acids is 1. The SMILES string of the molecule is O=C(COc1cccc(Cl)c1Cl)N/N=C\c1cccc(OCc2ccccc2)c1. The zero-order chi connectivity index (χ0) is 20.5. The Morgan fingerprint density at radius 1 is 0.966 bits per heavy atom. The minimum Gasteiger partial charge on any atom is -0.489 e. The summed E-state index contributed by atoms with van der Waals surface area (Å²) in [4.78, 5) is 11.9. The highest BCUT2D eigenvalue weighted by atomic mass is 35.5. The van der Waals surface area contributed by atoms with E-state index >= 15 is 0 Å². The van der Waals surface area contributed by atoms with E-state index in [1.54, 1.807) is 18.2 Å². The fourth-order valence-corrected chi connectivity index (χ4v) is 2.72. The number of amides is 1. The molecule has 5 nitrogen and oxygen atoms in total. The van der Waals surface area contributed by atoms with Crippen molar-refractivity contribution in [1.29, 1.82) is 0 Å².